The van der Waals surface area contributed by atoms with Gasteiger partial charge < -0.3 is 24.7 Å². The maximum absolute atomic E-state index is 13.8. The largest absolute Gasteiger partial charge is 0.507 e. The number of phenols is 2. The molecule has 0 radical (unpaired) electrons. The molecule has 0 unspecified atom stereocenters. The molecule has 0 atom stereocenters. The number of imidazole rings is 1. The summed E-state index contributed by atoms with van der Waals surface area (Å²) >= 11 is 0. The van der Waals surface area contributed by atoms with Crippen LogP contribution in [-0.4, -0.2) is 73.6 Å². The van der Waals surface area contributed by atoms with E-state index in [0.717, 1.165) is 22.4 Å². The third kappa shape index (κ3) is 8.23. The molecule has 0 saturated carbocycles. The van der Waals surface area contributed by atoms with Gasteiger partial charge in [0.25, 0.3) is 0 Å². The number of carbonyl (C=O) groups excluding carboxylic acids is 2. The molecule has 2 aromatic heterocycles. The van der Waals surface area contributed by atoms with Crippen molar-refractivity contribution in [3.63, 3.8) is 0 Å². The molecule has 0 bridgehead atoms. The number of carbonyl (C=O) groups is 2. The number of hydrogen-bond acceptors (Lipinski definition) is 7. The summed E-state index contributed by atoms with van der Waals surface area (Å²) in [6.45, 7) is 13.6. The average Bonchev–Trinajstić information content (AvgIpc) is 3.52. The van der Waals surface area contributed by atoms with Crippen molar-refractivity contribution in [2.75, 3.05) is 27.2 Å². The fourth-order valence-electron chi connectivity index (χ4n) is 6.77. The molecule has 6 aromatic rings. The SMILES string of the molecule is C=c1c(C)c(O)c(=C)c(C(C)(C)CC(=O)N(C)CCN(C)C(=O)Oc2c(Cc3ccccc3)nc3c(Cc4ccccc4)nc(-c4ccccc4)cn23)c1O. The molecule has 0 fully saturated rings. The smallest absolute Gasteiger partial charge is 0.416 e. The van der Waals surface area contributed by atoms with Crippen LogP contribution in [-0.2, 0) is 23.1 Å². The summed E-state index contributed by atoms with van der Waals surface area (Å²) in [5, 5.41) is 22.1. The third-order valence-electron chi connectivity index (χ3n) is 10.1. The summed E-state index contributed by atoms with van der Waals surface area (Å²) < 4.78 is 8.03. The van der Waals surface area contributed by atoms with E-state index in [-0.39, 0.29) is 42.1 Å². The number of rotatable bonds is 12. The second-order valence-corrected chi connectivity index (χ2v) is 14.6. The Morgan fingerprint density at radius 1 is 0.764 bits per heavy atom. The monoisotopic (exact) mass is 737 g/mol. The molecule has 282 valence electrons. The Labute approximate surface area is 321 Å². The number of phenolic OH excluding ortho intramolecular Hbond substituents is 2. The molecule has 10 nitrogen and oxygen atoms in total. The van der Waals surface area contributed by atoms with Gasteiger partial charge in [-0.1, -0.05) is 118 Å². The number of nitrogens with zero attached hydrogens (tertiary/aromatic N) is 5. The Hall–Kier alpha value is -6.42. The van der Waals surface area contributed by atoms with E-state index in [2.05, 4.69) is 13.2 Å². The third-order valence-corrected chi connectivity index (χ3v) is 10.1. The molecule has 0 spiro atoms. The normalized spacial score (nSPS) is 11.4. The summed E-state index contributed by atoms with van der Waals surface area (Å²) in [7, 11) is 3.29. The van der Waals surface area contributed by atoms with Crippen LogP contribution in [0.25, 0.3) is 30.1 Å². The topological polar surface area (TPSA) is 120 Å². The first-order chi connectivity index (χ1) is 26.2. The second kappa shape index (κ2) is 15.9. The van der Waals surface area contributed by atoms with Crippen LogP contribution in [0.2, 0.25) is 0 Å². The van der Waals surface area contributed by atoms with Gasteiger partial charge in [-0.2, -0.15) is 0 Å². The van der Waals surface area contributed by atoms with Crippen molar-refractivity contribution >= 4 is 30.8 Å². The van der Waals surface area contributed by atoms with Gasteiger partial charge in [0.15, 0.2) is 5.65 Å². The number of benzene rings is 4. The molecule has 55 heavy (non-hydrogen) atoms. The van der Waals surface area contributed by atoms with Gasteiger partial charge in [0.2, 0.25) is 11.8 Å². The first-order valence-corrected chi connectivity index (χ1v) is 18.2. The van der Waals surface area contributed by atoms with Gasteiger partial charge in [-0.05, 0) is 18.1 Å². The first-order valence-electron chi connectivity index (χ1n) is 18.2. The number of ether oxygens (including phenoxy) is 1. The molecular formula is C45H47N5O5. The molecule has 10 heteroatoms. The molecule has 0 aliphatic rings. The molecule has 0 saturated heterocycles. The van der Waals surface area contributed by atoms with Crippen LogP contribution in [0.1, 0.15) is 53.9 Å². The highest BCUT2D eigenvalue weighted by Crippen LogP contribution is 2.33. The van der Waals surface area contributed by atoms with Crippen LogP contribution in [0.5, 0.6) is 17.4 Å². The number of aromatic nitrogens is 3. The van der Waals surface area contributed by atoms with E-state index in [1.165, 1.54) is 9.80 Å². The molecular weight excluding hydrogens is 691 g/mol. The lowest BCUT2D eigenvalue weighted by Crippen LogP contribution is -2.41. The number of aromatic hydroxyl groups is 2. The predicted molar refractivity (Wildman–Crippen MR) is 216 cm³/mol. The van der Waals surface area contributed by atoms with Gasteiger partial charge in [0.05, 0.1) is 11.4 Å². The van der Waals surface area contributed by atoms with E-state index in [1.54, 1.807) is 21.0 Å². The van der Waals surface area contributed by atoms with Crippen molar-refractivity contribution < 1.29 is 24.5 Å². The van der Waals surface area contributed by atoms with Crippen LogP contribution in [0, 0.1) is 6.92 Å². The van der Waals surface area contributed by atoms with Crippen LogP contribution in [0.15, 0.2) is 97.2 Å². The van der Waals surface area contributed by atoms with E-state index in [1.807, 2.05) is 115 Å². The van der Waals surface area contributed by atoms with Gasteiger partial charge in [-0.15, -0.1) is 0 Å². The predicted octanol–water partition coefficient (Wildman–Crippen LogP) is 6.38. The number of likely N-dealkylation sites (N-methyl/N-ethyl adjacent to an activating group) is 2. The van der Waals surface area contributed by atoms with Gasteiger partial charge in [0.1, 0.15) is 17.2 Å². The van der Waals surface area contributed by atoms with Crippen molar-refractivity contribution in [2.45, 2.75) is 45.4 Å². The lowest BCUT2D eigenvalue weighted by Gasteiger charge is -2.30. The fraction of sp³-hybridized carbons (Fsp3) is 0.244. The summed E-state index contributed by atoms with van der Waals surface area (Å²) in [6, 6.07) is 29.8. The zero-order valence-corrected chi connectivity index (χ0v) is 32.0. The Bertz CT molecular complexity index is 2450. The number of hydrogen-bond donors (Lipinski definition) is 2. The number of amides is 2. The highest BCUT2D eigenvalue weighted by Gasteiger charge is 2.31. The minimum atomic E-state index is -0.875. The van der Waals surface area contributed by atoms with Crippen molar-refractivity contribution in [1.82, 2.24) is 24.2 Å². The Kier molecular flexibility index (Phi) is 11.1. The molecule has 0 aliphatic carbocycles. The molecule has 2 heterocycles. The van der Waals surface area contributed by atoms with E-state index in [4.69, 9.17) is 14.7 Å². The van der Waals surface area contributed by atoms with Gasteiger partial charge in [-0.25, -0.2) is 14.8 Å². The van der Waals surface area contributed by atoms with Gasteiger partial charge in [-0.3, -0.25) is 9.20 Å². The zero-order valence-electron chi connectivity index (χ0n) is 32.0. The minimum Gasteiger partial charge on any atom is -0.507 e. The standard InChI is InChI=1S/C45H47N5O5/c1-29-30(2)41(53)39(31(3)40(29)52)45(4,5)27-38(51)48(6)23-24-49(7)44(54)55-43-36(26-33-19-13-9-14-20-33)47-42-35(25-32-17-11-8-12-18-32)46-37(28-50(42)43)34-21-15-10-16-22-34/h8-22,28,52-53H,2-3,23-27H2,1,4-7H3. The summed E-state index contributed by atoms with van der Waals surface area (Å²) in [6.07, 6.45) is 2.21. The first kappa shape index (κ1) is 38.3. The Morgan fingerprint density at radius 3 is 1.91 bits per heavy atom. The van der Waals surface area contributed by atoms with Gasteiger partial charge in [0, 0.05) is 85.2 Å². The molecule has 6 rings (SSSR count). The molecule has 2 N–H and O–H groups in total. The summed E-state index contributed by atoms with van der Waals surface area (Å²) in [4.78, 5) is 40.4. The van der Waals surface area contributed by atoms with Crippen LogP contribution < -0.4 is 15.2 Å². The highest BCUT2D eigenvalue weighted by molar-refractivity contribution is 5.78. The molecule has 0 aliphatic heterocycles. The zero-order chi connectivity index (χ0) is 39.4. The van der Waals surface area contributed by atoms with Gasteiger partial charge >= 0.3 is 6.09 Å². The van der Waals surface area contributed by atoms with E-state index < -0.39 is 11.5 Å². The van der Waals surface area contributed by atoms with Crippen molar-refractivity contribution in [3.8, 4) is 28.6 Å². The van der Waals surface area contributed by atoms with Crippen molar-refractivity contribution in [1.29, 1.82) is 0 Å². The number of fused-ring (bicyclic) bond motifs is 1. The second-order valence-electron chi connectivity index (χ2n) is 14.6. The average molecular weight is 738 g/mol. The maximum atomic E-state index is 13.8. The van der Waals surface area contributed by atoms with E-state index in [0.29, 0.717) is 52.1 Å². The van der Waals surface area contributed by atoms with E-state index in [9.17, 15) is 19.8 Å². The summed E-state index contributed by atoms with van der Waals surface area (Å²) in [5.74, 6) is -0.0495. The van der Waals surface area contributed by atoms with E-state index >= 15 is 0 Å². The quantitative estimate of drug-likeness (QED) is 0.140. The Morgan fingerprint density at radius 2 is 1.31 bits per heavy atom. The Balaban J connectivity index is 1.26. The lowest BCUT2D eigenvalue weighted by atomic mass is 9.78. The van der Waals surface area contributed by atoms with Crippen molar-refractivity contribution in [3.05, 3.63) is 141 Å². The van der Waals surface area contributed by atoms with Crippen molar-refractivity contribution in [2.24, 2.45) is 0 Å². The maximum Gasteiger partial charge on any atom is 0.416 e. The summed E-state index contributed by atoms with van der Waals surface area (Å²) in [5.41, 5.74) is 5.57. The van der Waals surface area contributed by atoms with Crippen LogP contribution >= 0.6 is 0 Å². The fourth-order valence-corrected chi connectivity index (χ4v) is 6.77. The van der Waals surface area contributed by atoms with Crippen LogP contribution in [0.4, 0.5) is 4.79 Å². The minimum absolute atomic E-state index is 0.0173. The molecule has 2 amide bonds. The lowest BCUT2D eigenvalue weighted by molar-refractivity contribution is -0.131. The molecule has 4 aromatic carbocycles. The highest BCUT2D eigenvalue weighted by atomic mass is 16.6. The van der Waals surface area contributed by atoms with Crippen LogP contribution in [0.3, 0.4) is 0 Å².